The maximum atomic E-state index is 12.5. The van der Waals surface area contributed by atoms with Crippen molar-refractivity contribution in [2.75, 3.05) is 0 Å². The number of benzene rings is 1. The average molecular weight is 413 g/mol. The van der Waals surface area contributed by atoms with Gasteiger partial charge in [-0.3, -0.25) is 4.40 Å². The summed E-state index contributed by atoms with van der Waals surface area (Å²) in [6.45, 7) is 7.09. The normalized spacial score (nSPS) is 20.0. The minimum atomic E-state index is -0.0800. The van der Waals surface area contributed by atoms with Crippen molar-refractivity contribution in [3.8, 4) is 5.75 Å². The fourth-order valence-corrected chi connectivity index (χ4v) is 3.88. The van der Waals surface area contributed by atoms with Gasteiger partial charge in [0.2, 0.25) is 5.69 Å². The summed E-state index contributed by atoms with van der Waals surface area (Å²) in [5, 5.41) is 4.47. The lowest BCUT2D eigenvalue weighted by molar-refractivity contribution is 0.128. The maximum Gasteiger partial charge on any atom is 0.350 e. The Morgan fingerprint density at radius 1 is 1.19 bits per heavy atom. The molecule has 0 amide bonds. The van der Waals surface area contributed by atoms with E-state index in [1.165, 1.54) is 0 Å². The summed E-state index contributed by atoms with van der Waals surface area (Å²) in [6.07, 6.45) is 5.32. The summed E-state index contributed by atoms with van der Waals surface area (Å²) in [7, 11) is 0. The second kappa shape index (κ2) is 6.96. The molecule has 1 aliphatic carbocycles. The molecule has 0 spiro atoms. The van der Waals surface area contributed by atoms with Crippen LogP contribution in [0.1, 0.15) is 31.7 Å². The Hall–Kier alpha value is -2.59. The molecule has 4 rings (SSSR count). The van der Waals surface area contributed by atoms with Crippen molar-refractivity contribution in [1.29, 1.82) is 0 Å². The molecule has 0 saturated heterocycles. The molecule has 132 valence electrons. The number of hydrogen-bond acceptors (Lipinski definition) is 3. The van der Waals surface area contributed by atoms with Crippen LogP contribution in [-0.2, 0) is 0 Å². The van der Waals surface area contributed by atoms with Crippen molar-refractivity contribution in [3.05, 3.63) is 69.0 Å². The highest BCUT2D eigenvalue weighted by Gasteiger charge is 2.26. The van der Waals surface area contributed by atoms with E-state index >= 15 is 0 Å². The first-order valence-electron chi connectivity index (χ1n) is 8.55. The van der Waals surface area contributed by atoms with Crippen molar-refractivity contribution < 1.29 is 4.74 Å². The zero-order valence-corrected chi connectivity index (χ0v) is 15.6. The van der Waals surface area contributed by atoms with Gasteiger partial charge in [-0.15, -0.1) is 5.10 Å². The van der Waals surface area contributed by atoms with E-state index in [0.29, 0.717) is 11.3 Å². The summed E-state index contributed by atoms with van der Waals surface area (Å²) >= 11 is 3.39. The second-order valence-corrected chi connectivity index (χ2v) is 7.28. The highest BCUT2D eigenvalue weighted by molar-refractivity contribution is 9.10. The topological polar surface area (TPSA) is 52.9 Å². The Balaban J connectivity index is 1.44. The van der Waals surface area contributed by atoms with E-state index < -0.39 is 0 Å². The van der Waals surface area contributed by atoms with Gasteiger partial charge in [-0.1, -0.05) is 28.1 Å². The highest BCUT2D eigenvalue weighted by atomic mass is 79.9. The molecule has 1 aliphatic rings. The van der Waals surface area contributed by atoms with Gasteiger partial charge in [0.25, 0.3) is 0 Å². The predicted molar refractivity (Wildman–Crippen MR) is 102 cm³/mol. The molecule has 3 aromatic rings. The predicted octanol–water partition coefficient (Wildman–Crippen LogP) is 4.37. The molecule has 0 radical (unpaired) electrons. The van der Waals surface area contributed by atoms with Crippen LogP contribution in [0.15, 0.2) is 51.9 Å². The van der Waals surface area contributed by atoms with E-state index in [1.54, 1.807) is 21.3 Å². The molecule has 0 N–H and O–H groups in total. The molecule has 26 heavy (non-hydrogen) atoms. The molecule has 0 bridgehead atoms. The maximum absolute atomic E-state index is 12.5. The number of rotatable bonds is 3. The molecule has 0 atom stereocenters. The smallest absolute Gasteiger partial charge is 0.350 e. The van der Waals surface area contributed by atoms with Crippen LogP contribution in [0, 0.1) is 6.57 Å². The summed E-state index contributed by atoms with van der Waals surface area (Å²) in [5.41, 5.74) is 1.18. The molecule has 2 aromatic heterocycles. The zero-order chi connectivity index (χ0) is 18.1. The molecule has 0 unspecified atom stereocenters. The lowest BCUT2D eigenvalue weighted by atomic mass is 9.93. The van der Waals surface area contributed by atoms with Gasteiger partial charge >= 0.3 is 5.69 Å². The SMILES string of the molecule is [C-]#[N+]c1ccc(OC2CCC(n3nc4ccccn4c3=O)CC2)cc1Br. The quantitative estimate of drug-likeness (QED) is 0.600. The molecule has 2 heterocycles. The Kier molecular flexibility index (Phi) is 4.51. The summed E-state index contributed by atoms with van der Waals surface area (Å²) < 4.78 is 10.0. The van der Waals surface area contributed by atoms with Gasteiger partial charge < -0.3 is 4.74 Å². The van der Waals surface area contributed by atoms with E-state index in [9.17, 15) is 4.79 Å². The fraction of sp³-hybridized carbons (Fsp3) is 0.316. The number of ether oxygens (including phenoxy) is 1. The van der Waals surface area contributed by atoms with Gasteiger partial charge in [0.15, 0.2) is 5.65 Å². The molecule has 0 aliphatic heterocycles. The number of halogens is 1. The summed E-state index contributed by atoms with van der Waals surface area (Å²) in [5.74, 6) is 0.762. The van der Waals surface area contributed by atoms with Gasteiger partial charge in [-0.25, -0.2) is 14.3 Å². The Morgan fingerprint density at radius 3 is 2.69 bits per heavy atom. The summed E-state index contributed by atoms with van der Waals surface area (Å²) in [6, 6.07) is 11.1. The van der Waals surface area contributed by atoms with Crippen LogP contribution in [0.4, 0.5) is 5.69 Å². The number of fused-ring (bicyclic) bond motifs is 1. The number of aromatic nitrogens is 3. The third kappa shape index (κ3) is 3.13. The van der Waals surface area contributed by atoms with E-state index in [2.05, 4.69) is 25.9 Å². The van der Waals surface area contributed by atoms with Crippen molar-refractivity contribution in [2.45, 2.75) is 37.8 Å². The lowest BCUT2D eigenvalue weighted by Crippen LogP contribution is -2.31. The monoisotopic (exact) mass is 412 g/mol. The first-order chi connectivity index (χ1) is 12.7. The van der Waals surface area contributed by atoms with Gasteiger partial charge in [0.1, 0.15) is 5.75 Å². The zero-order valence-electron chi connectivity index (χ0n) is 14.0. The lowest BCUT2D eigenvalue weighted by Gasteiger charge is -2.28. The molecular weight excluding hydrogens is 396 g/mol. The Bertz CT molecular complexity index is 1040. The van der Waals surface area contributed by atoms with Crippen molar-refractivity contribution in [2.24, 2.45) is 0 Å². The number of nitrogens with zero attached hydrogens (tertiary/aromatic N) is 4. The molecule has 6 nitrogen and oxygen atoms in total. The first-order valence-corrected chi connectivity index (χ1v) is 9.34. The molecular formula is C19H17BrN4O2. The molecule has 1 saturated carbocycles. The van der Waals surface area contributed by atoms with Crippen molar-refractivity contribution >= 4 is 27.3 Å². The van der Waals surface area contributed by atoms with Crippen LogP contribution >= 0.6 is 15.9 Å². The largest absolute Gasteiger partial charge is 0.491 e. The number of hydrogen-bond donors (Lipinski definition) is 0. The third-order valence-corrected chi connectivity index (χ3v) is 5.42. The van der Waals surface area contributed by atoms with Gasteiger partial charge in [0.05, 0.1) is 18.7 Å². The van der Waals surface area contributed by atoms with Gasteiger partial charge in [-0.2, -0.15) is 0 Å². The molecule has 7 heteroatoms. The van der Waals surface area contributed by atoms with Crippen LogP contribution in [0.2, 0.25) is 0 Å². The summed E-state index contributed by atoms with van der Waals surface area (Å²) in [4.78, 5) is 15.9. The van der Waals surface area contributed by atoms with Crippen LogP contribution < -0.4 is 10.4 Å². The van der Waals surface area contributed by atoms with Crippen molar-refractivity contribution in [3.63, 3.8) is 0 Å². The van der Waals surface area contributed by atoms with Crippen LogP contribution in [0.3, 0.4) is 0 Å². The standard InChI is InChI=1S/C19H17BrN4O2/c1-21-17-10-9-15(12-16(17)20)26-14-7-5-13(6-8-14)24-19(25)23-11-3-2-4-18(23)22-24/h2-4,9-14H,5-8H2. The van der Waals surface area contributed by atoms with Crippen LogP contribution in [0.5, 0.6) is 5.75 Å². The second-order valence-electron chi connectivity index (χ2n) is 6.43. The van der Waals surface area contributed by atoms with Crippen LogP contribution in [-0.4, -0.2) is 20.3 Å². The minimum absolute atomic E-state index is 0.0800. The van der Waals surface area contributed by atoms with E-state index in [4.69, 9.17) is 11.3 Å². The Morgan fingerprint density at radius 2 is 2.00 bits per heavy atom. The van der Waals surface area contributed by atoms with Gasteiger partial charge in [0, 0.05) is 10.7 Å². The number of pyridine rings is 1. The van der Waals surface area contributed by atoms with Crippen LogP contribution in [0.25, 0.3) is 10.5 Å². The first kappa shape index (κ1) is 16.9. The molecule has 1 aromatic carbocycles. The Labute approximate surface area is 159 Å². The van der Waals surface area contributed by atoms with E-state index in [0.717, 1.165) is 35.9 Å². The fourth-order valence-electron chi connectivity index (χ4n) is 3.43. The van der Waals surface area contributed by atoms with E-state index in [1.807, 2.05) is 30.3 Å². The molecule has 1 fully saturated rings. The average Bonchev–Trinajstić information content (AvgIpc) is 3.00. The third-order valence-electron chi connectivity index (χ3n) is 4.78. The van der Waals surface area contributed by atoms with E-state index in [-0.39, 0.29) is 17.8 Å². The minimum Gasteiger partial charge on any atom is -0.491 e. The highest BCUT2D eigenvalue weighted by Crippen LogP contribution is 2.33. The van der Waals surface area contributed by atoms with Gasteiger partial charge in [-0.05, 0) is 49.9 Å². The van der Waals surface area contributed by atoms with Crippen molar-refractivity contribution in [1.82, 2.24) is 14.2 Å².